The summed E-state index contributed by atoms with van der Waals surface area (Å²) in [7, 11) is 0. The van der Waals surface area contributed by atoms with E-state index in [1.165, 1.54) is 5.01 Å². The predicted molar refractivity (Wildman–Crippen MR) is 35.5 cm³/mol. The Bertz CT molecular complexity index is 98.5. The molecule has 0 unspecified atom stereocenters. The summed E-state index contributed by atoms with van der Waals surface area (Å²) in [5.74, 6) is 15.4. The number of hydrogen-bond acceptors (Lipinski definition) is 4. The van der Waals surface area contributed by atoms with Gasteiger partial charge in [-0.15, -0.1) is 5.10 Å². The highest BCUT2D eigenvalue weighted by molar-refractivity contribution is 5.78. The summed E-state index contributed by atoms with van der Waals surface area (Å²) in [5.41, 5.74) is 2.23. The zero-order valence-corrected chi connectivity index (χ0v) is 5.33. The zero-order chi connectivity index (χ0) is 7.28. The highest BCUT2D eigenvalue weighted by Crippen LogP contribution is 1.73. The van der Waals surface area contributed by atoms with Crippen molar-refractivity contribution >= 4 is 5.96 Å². The average molecular weight is 132 g/mol. The van der Waals surface area contributed by atoms with Gasteiger partial charge < -0.3 is 5.84 Å². The van der Waals surface area contributed by atoms with Crippen molar-refractivity contribution in [3.8, 4) is 0 Å². The molecule has 0 bridgehead atoms. The number of rotatable bonds is 1. The van der Waals surface area contributed by atoms with E-state index >= 15 is 0 Å². The predicted octanol–water partition coefficient (Wildman–Crippen LogP) is -2.12. The number of nitrogens with zero attached hydrogens (tertiary/aromatic N) is 2. The first-order chi connectivity index (χ1) is 4.26. The molecule has 9 heavy (non-hydrogen) atoms. The molecule has 0 spiro atoms. The lowest BCUT2D eigenvalue weighted by Crippen LogP contribution is -2.48. The molecule has 0 aromatic heterocycles. The molecule has 0 aromatic carbocycles. The van der Waals surface area contributed by atoms with E-state index in [0.29, 0.717) is 6.54 Å². The Morgan fingerprint density at radius 2 is 2.33 bits per heavy atom. The second-order valence-electron chi connectivity index (χ2n) is 1.38. The summed E-state index contributed by atoms with van der Waals surface area (Å²) in [6.45, 7) is 2.45. The lowest BCUT2D eigenvalue weighted by Gasteiger charge is -2.15. The molecule has 54 valence electrons. The van der Waals surface area contributed by atoms with Crippen molar-refractivity contribution in [3.05, 3.63) is 0 Å². The van der Waals surface area contributed by atoms with Crippen LogP contribution in [0.3, 0.4) is 0 Å². The third-order valence-corrected chi connectivity index (χ3v) is 0.864. The zero-order valence-electron chi connectivity index (χ0n) is 5.33. The Hall–Kier alpha value is -1.01. The molecular formula is C3H12N6. The maximum absolute atomic E-state index is 5.32. The number of hydrazine groups is 2. The number of hydrazone groups is 1. The summed E-state index contributed by atoms with van der Waals surface area (Å²) in [6.07, 6.45) is 0. The van der Waals surface area contributed by atoms with Gasteiger partial charge in [-0.05, 0) is 6.92 Å². The van der Waals surface area contributed by atoms with Crippen LogP contribution >= 0.6 is 0 Å². The first kappa shape index (κ1) is 7.99. The standard InChI is InChI=1S/C3H12N6/c1-2-9(6)3(7-4)8-5/h2,4-6H2,1H3,(H,7,8). The van der Waals surface area contributed by atoms with Gasteiger partial charge in [0.2, 0.25) is 5.96 Å². The average Bonchev–Trinajstić information content (AvgIpc) is 1.90. The van der Waals surface area contributed by atoms with Crippen LogP contribution in [0.2, 0.25) is 0 Å². The molecule has 0 saturated carbocycles. The molecule has 0 radical (unpaired) electrons. The third kappa shape index (κ3) is 2.15. The molecular weight excluding hydrogens is 120 g/mol. The van der Waals surface area contributed by atoms with Crippen molar-refractivity contribution in [3.63, 3.8) is 0 Å². The van der Waals surface area contributed by atoms with E-state index in [1.807, 2.05) is 6.92 Å². The second kappa shape index (κ2) is 3.93. The van der Waals surface area contributed by atoms with Crippen LogP contribution in [0.25, 0.3) is 0 Å². The smallest absolute Gasteiger partial charge is 0.244 e. The van der Waals surface area contributed by atoms with Crippen LogP contribution in [-0.4, -0.2) is 17.5 Å². The van der Waals surface area contributed by atoms with Crippen molar-refractivity contribution in [2.24, 2.45) is 22.6 Å². The molecule has 0 aliphatic heterocycles. The van der Waals surface area contributed by atoms with Crippen molar-refractivity contribution in [1.82, 2.24) is 10.4 Å². The fraction of sp³-hybridized carbons (Fsp3) is 0.667. The first-order valence-corrected chi connectivity index (χ1v) is 2.53. The number of guanidine groups is 1. The Morgan fingerprint density at radius 3 is 2.44 bits per heavy atom. The Kier molecular flexibility index (Phi) is 3.49. The Labute approximate surface area is 53.6 Å². The fourth-order valence-corrected chi connectivity index (χ4v) is 0.344. The van der Waals surface area contributed by atoms with Crippen molar-refractivity contribution in [2.45, 2.75) is 6.92 Å². The minimum absolute atomic E-state index is 0.262. The largest absolute Gasteiger partial charge is 0.320 e. The van der Waals surface area contributed by atoms with E-state index < -0.39 is 0 Å². The van der Waals surface area contributed by atoms with E-state index in [-0.39, 0.29) is 5.96 Å². The molecule has 0 amide bonds. The van der Waals surface area contributed by atoms with Crippen molar-refractivity contribution < 1.29 is 0 Å². The molecule has 0 aliphatic rings. The van der Waals surface area contributed by atoms with Crippen LogP contribution in [0.1, 0.15) is 6.92 Å². The minimum Gasteiger partial charge on any atom is -0.320 e. The van der Waals surface area contributed by atoms with Gasteiger partial charge in [0.15, 0.2) is 0 Å². The highest BCUT2D eigenvalue weighted by atomic mass is 15.5. The van der Waals surface area contributed by atoms with Gasteiger partial charge in [0, 0.05) is 6.54 Å². The molecule has 7 N–H and O–H groups in total. The normalized spacial score (nSPS) is 11.2. The van der Waals surface area contributed by atoms with Gasteiger partial charge in [-0.3, -0.25) is 10.4 Å². The molecule has 6 nitrogen and oxygen atoms in total. The summed E-state index contributed by atoms with van der Waals surface area (Å²) in [5, 5.41) is 4.55. The van der Waals surface area contributed by atoms with Crippen LogP contribution in [-0.2, 0) is 0 Å². The van der Waals surface area contributed by atoms with Gasteiger partial charge in [0.1, 0.15) is 0 Å². The monoisotopic (exact) mass is 132 g/mol. The Balaban J connectivity index is 3.80. The SMILES string of the molecule is CCN(N)/C(=N/N)NN. The fourth-order valence-electron chi connectivity index (χ4n) is 0.344. The van der Waals surface area contributed by atoms with E-state index in [0.717, 1.165) is 0 Å². The molecule has 6 heteroatoms. The van der Waals surface area contributed by atoms with E-state index in [4.69, 9.17) is 17.5 Å². The van der Waals surface area contributed by atoms with E-state index in [9.17, 15) is 0 Å². The summed E-state index contributed by atoms with van der Waals surface area (Å²) in [6, 6.07) is 0. The van der Waals surface area contributed by atoms with Crippen LogP contribution in [0.5, 0.6) is 0 Å². The lowest BCUT2D eigenvalue weighted by atomic mass is 10.7. The summed E-state index contributed by atoms with van der Waals surface area (Å²) in [4.78, 5) is 0. The molecule has 0 aliphatic carbocycles. The number of nitrogens with one attached hydrogen (secondary N) is 1. The van der Waals surface area contributed by atoms with Gasteiger partial charge in [-0.2, -0.15) is 0 Å². The second-order valence-corrected chi connectivity index (χ2v) is 1.38. The molecule has 0 saturated heterocycles. The third-order valence-electron chi connectivity index (χ3n) is 0.864. The molecule has 0 heterocycles. The molecule has 0 fully saturated rings. The Morgan fingerprint density at radius 1 is 1.78 bits per heavy atom. The van der Waals surface area contributed by atoms with E-state index in [1.54, 1.807) is 0 Å². The molecule has 0 rings (SSSR count). The van der Waals surface area contributed by atoms with Gasteiger partial charge in [0.25, 0.3) is 0 Å². The number of nitrogens with two attached hydrogens (primary N) is 3. The van der Waals surface area contributed by atoms with Crippen LogP contribution in [0, 0.1) is 0 Å². The topological polar surface area (TPSA) is 106 Å². The van der Waals surface area contributed by atoms with Crippen LogP contribution in [0.15, 0.2) is 5.10 Å². The maximum Gasteiger partial charge on any atom is 0.244 e. The lowest BCUT2D eigenvalue weighted by molar-refractivity contribution is 0.445. The molecule has 0 atom stereocenters. The molecule has 0 aromatic rings. The minimum atomic E-state index is 0.262. The van der Waals surface area contributed by atoms with E-state index in [2.05, 4.69) is 10.5 Å². The van der Waals surface area contributed by atoms with Crippen LogP contribution in [0.4, 0.5) is 0 Å². The van der Waals surface area contributed by atoms with Gasteiger partial charge in [0.05, 0.1) is 0 Å². The van der Waals surface area contributed by atoms with Gasteiger partial charge in [-0.1, -0.05) is 0 Å². The van der Waals surface area contributed by atoms with Crippen LogP contribution < -0.4 is 23.0 Å². The first-order valence-electron chi connectivity index (χ1n) is 2.53. The van der Waals surface area contributed by atoms with Gasteiger partial charge in [-0.25, -0.2) is 11.7 Å². The highest BCUT2D eigenvalue weighted by Gasteiger charge is 1.98. The summed E-state index contributed by atoms with van der Waals surface area (Å²) >= 11 is 0. The number of hydrogen-bond donors (Lipinski definition) is 4. The quantitative estimate of drug-likeness (QED) is 0.141. The van der Waals surface area contributed by atoms with Crippen molar-refractivity contribution in [1.29, 1.82) is 0 Å². The maximum atomic E-state index is 5.32. The van der Waals surface area contributed by atoms with Gasteiger partial charge >= 0.3 is 0 Å². The summed E-state index contributed by atoms with van der Waals surface area (Å²) < 4.78 is 0. The van der Waals surface area contributed by atoms with Crippen molar-refractivity contribution in [2.75, 3.05) is 6.54 Å².